The molecule has 1 aliphatic rings. The van der Waals surface area contributed by atoms with Gasteiger partial charge in [0.15, 0.2) is 0 Å². The molecule has 1 aromatic heterocycles. The van der Waals surface area contributed by atoms with E-state index in [9.17, 15) is 14.9 Å². The molecule has 0 aliphatic heterocycles. The van der Waals surface area contributed by atoms with Crippen LogP contribution in [0.5, 0.6) is 0 Å². The third kappa shape index (κ3) is 6.41. The van der Waals surface area contributed by atoms with Gasteiger partial charge < -0.3 is 9.36 Å². The van der Waals surface area contributed by atoms with Crippen molar-refractivity contribution in [3.05, 3.63) is 82.9 Å². The summed E-state index contributed by atoms with van der Waals surface area (Å²) in [6.07, 6.45) is 8.82. The van der Waals surface area contributed by atoms with Gasteiger partial charge in [0.05, 0.1) is 28.7 Å². The lowest BCUT2D eigenvalue weighted by Crippen LogP contribution is -2.19. The van der Waals surface area contributed by atoms with Gasteiger partial charge in [-0.05, 0) is 46.7 Å². The van der Waals surface area contributed by atoms with E-state index in [4.69, 9.17) is 4.98 Å². The van der Waals surface area contributed by atoms with Crippen molar-refractivity contribution in [3.8, 4) is 17.2 Å². The molecule has 0 atom stereocenters. The Hall–Kier alpha value is -4.11. The predicted molar refractivity (Wildman–Crippen MR) is 151 cm³/mol. The quantitative estimate of drug-likeness (QED) is 0.300. The summed E-state index contributed by atoms with van der Waals surface area (Å²) in [5, 5.41) is 9.46. The highest BCUT2D eigenvalue weighted by molar-refractivity contribution is 6.07. The summed E-state index contributed by atoms with van der Waals surface area (Å²) in [7, 11) is 0. The molecule has 0 saturated carbocycles. The first-order valence-corrected chi connectivity index (χ1v) is 13.2. The number of imidazole rings is 1. The van der Waals surface area contributed by atoms with E-state index in [1.165, 1.54) is 0 Å². The minimum Gasteiger partial charge on any atom is -0.327 e. The fourth-order valence-electron chi connectivity index (χ4n) is 4.78. The molecular formula is C32H34N4O2. The maximum Gasteiger partial charge on any atom is 0.246 e. The summed E-state index contributed by atoms with van der Waals surface area (Å²) in [6.45, 7) is 6.66. The second-order valence-corrected chi connectivity index (χ2v) is 10.6. The largest absolute Gasteiger partial charge is 0.327 e. The summed E-state index contributed by atoms with van der Waals surface area (Å²) in [6, 6.07) is 18.2. The van der Waals surface area contributed by atoms with E-state index in [1.54, 1.807) is 0 Å². The van der Waals surface area contributed by atoms with Gasteiger partial charge in [-0.25, -0.2) is 9.98 Å². The van der Waals surface area contributed by atoms with Gasteiger partial charge in [0, 0.05) is 32.2 Å². The zero-order chi connectivity index (χ0) is 27.1. The Kier molecular flexibility index (Phi) is 8.48. The standard InChI is InChI=1S/C32H34N4O2/c1-4-5-10-30-35-28-16-15-26(34-31(38)20-32(2,3)17-18-37)19-29(28)36(30)22-23-11-13-24(14-12-23)27-9-7-6-8-25(27)21-33/h6-9,11-16,18H,4-5,10,17,19-20,22H2,1-3H3. The number of aliphatic imine (C=N–C) groups is 1. The number of benzene rings is 2. The van der Waals surface area contributed by atoms with E-state index >= 15 is 0 Å². The molecule has 0 radical (unpaired) electrons. The van der Waals surface area contributed by atoms with Crippen molar-refractivity contribution in [2.75, 3.05) is 0 Å². The normalized spacial score (nSPS) is 13.8. The van der Waals surface area contributed by atoms with Crippen LogP contribution in [0.3, 0.4) is 0 Å². The minimum atomic E-state index is -0.401. The molecule has 194 valence electrons. The Morgan fingerprint density at radius 1 is 1.16 bits per heavy atom. The lowest BCUT2D eigenvalue weighted by molar-refractivity contribution is -0.120. The maximum atomic E-state index is 12.7. The molecule has 2 aromatic carbocycles. The van der Waals surface area contributed by atoms with Crippen molar-refractivity contribution in [3.63, 3.8) is 0 Å². The summed E-state index contributed by atoms with van der Waals surface area (Å²) >= 11 is 0. The first kappa shape index (κ1) is 26.9. The molecule has 0 bridgehead atoms. The fourth-order valence-corrected chi connectivity index (χ4v) is 4.78. The van der Waals surface area contributed by atoms with Gasteiger partial charge in [-0.3, -0.25) is 4.79 Å². The number of rotatable bonds is 10. The van der Waals surface area contributed by atoms with Crippen LogP contribution in [-0.4, -0.2) is 27.5 Å². The summed E-state index contributed by atoms with van der Waals surface area (Å²) < 4.78 is 2.27. The highest BCUT2D eigenvalue weighted by atomic mass is 16.1. The molecule has 38 heavy (non-hydrogen) atoms. The molecule has 0 spiro atoms. The Labute approximate surface area is 224 Å². The van der Waals surface area contributed by atoms with Crippen molar-refractivity contribution in [1.29, 1.82) is 5.26 Å². The van der Waals surface area contributed by atoms with Gasteiger partial charge in [-0.15, -0.1) is 0 Å². The van der Waals surface area contributed by atoms with Crippen LogP contribution in [0.25, 0.3) is 17.2 Å². The van der Waals surface area contributed by atoms with Crippen LogP contribution in [0.4, 0.5) is 0 Å². The second-order valence-electron chi connectivity index (χ2n) is 10.6. The Balaban J connectivity index is 1.59. The van der Waals surface area contributed by atoms with E-state index in [0.717, 1.165) is 65.2 Å². The van der Waals surface area contributed by atoms with Gasteiger partial charge in [-0.2, -0.15) is 5.26 Å². The van der Waals surface area contributed by atoms with Crippen LogP contribution >= 0.6 is 0 Å². The topological polar surface area (TPSA) is 88.1 Å². The number of nitriles is 1. The second kappa shape index (κ2) is 12.0. The maximum absolute atomic E-state index is 12.7. The number of carbonyl (C=O) groups is 2. The molecule has 0 unspecified atom stereocenters. The van der Waals surface area contributed by atoms with E-state index < -0.39 is 5.41 Å². The number of aldehydes is 1. The molecule has 4 rings (SSSR count). The van der Waals surface area contributed by atoms with Gasteiger partial charge in [0.1, 0.15) is 12.1 Å². The monoisotopic (exact) mass is 506 g/mol. The highest BCUT2D eigenvalue weighted by Gasteiger charge is 2.24. The molecule has 3 aromatic rings. The van der Waals surface area contributed by atoms with Crippen LogP contribution in [0, 0.1) is 16.7 Å². The van der Waals surface area contributed by atoms with Crippen molar-refractivity contribution in [2.24, 2.45) is 10.4 Å². The minimum absolute atomic E-state index is 0.203. The van der Waals surface area contributed by atoms with Crippen LogP contribution in [-0.2, 0) is 29.0 Å². The molecular weight excluding hydrogens is 472 g/mol. The van der Waals surface area contributed by atoms with Crippen molar-refractivity contribution < 1.29 is 9.59 Å². The third-order valence-electron chi connectivity index (χ3n) is 6.91. The lowest BCUT2D eigenvalue weighted by Gasteiger charge is -2.19. The van der Waals surface area contributed by atoms with Crippen molar-refractivity contribution in [1.82, 2.24) is 9.55 Å². The molecule has 0 N–H and O–H groups in total. The fraction of sp³-hybridized carbons (Fsp3) is 0.344. The number of amides is 1. The molecule has 0 fully saturated rings. The Bertz CT molecular complexity index is 1420. The summed E-state index contributed by atoms with van der Waals surface area (Å²) in [5.74, 6) is 0.838. The van der Waals surface area contributed by atoms with Crippen LogP contribution < -0.4 is 0 Å². The number of nitrogens with zero attached hydrogens (tertiary/aromatic N) is 4. The van der Waals surface area contributed by atoms with Gasteiger partial charge in [0.2, 0.25) is 5.91 Å². The van der Waals surface area contributed by atoms with E-state index in [2.05, 4.69) is 46.8 Å². The van der Waals surface area contributed by atoms with E-state index in [1.807, 2.05) is 50.3 Å². The van der Waals surface area contributed by atoms with E-state index in [-0.39, 0.29) is 12.3 Å². The average molecular weight is 507 g/mol. The Morgan fingerprint density at radius 3 is 2.63 bits per heavy atom. The number of unbranched alkanes of at least 4 members (excludes halogenated alkanes) is 1. The first-order chi connectivity index (χ1) is 18.3. The van der Waals surface area contributed by atoms with E-state index in [0.29, 0.717) is 24.9 Å². The van der Waals surface area contributed by atoms with Crippen LogP contribution in [0.1, 0.15) is 74.8 Å². The Morgan fingerprint density at radius 2 is 1.92 bits per heavy atom. The molecule has 6 heteroatoms. The van der Waals surface area contributed by atoms with Gasteiger partial charge in [0.25, 0.3) is 0 Å². The number of fused-ring (bicyclic) bond motifs is 1. The molecule has 6 nitrogen and oxygen atoms in total. The number of hydrogen-bond acceptors (Lipinski definition) is 4. The number of aromatic nitrogens is 2. The molecule has 1 amide bonds. The molecule has 0 saturated heterocycles. The van der Waals surface area contributed by atoms with Crippen molar-refractivity contribution >= 4 is 24.0 Å². The number of allylic oxidation sites excluding steroid dienone is 1. The third-order valence-corrected chi connectivity index (χ3v) is 6.91. The number of carbonyl (C=O) groups excluding carboxylic acids is 2. The SMILES string of the molecule is CCCCc1nc2c(n1Cc1ccc(-c3ccccc3C#N)cc1)CC(=NC(=O)CC(C)(C)CC=O)C=C2. The van der Waals surface area contributed by atoms with Gasteiger partial charge in [-0.1, -0.05) is 69.7 Å². The first-order valence-electron chi connectivity index (χ1n) is 13.2. The highest BCUT2D eigenvalue weighted by Crippen LogP contribution is 2.27. The van der Waals surface area contributed by atoms with Gasteiger partial charge >= 0.3 is 0 Å². The van der Waals surface area contributed by atoms with Crippen molar-refractivity contribution in [2.45, 2.75) is 65.8 Å². The molecule has 1 heterocycles. The predicted octanol–water partition coefficient (Wildman–Crippen LogP) is 6.35. The zero-order valence-electron chi connectivity index (χ0n) is 22.4. The molecule has 1 aliphatic carbocycles. The number of aryl methyl sites for hydroxylation is 1. The zero-order valence-corrected chi connectivity index (χ0v) is 22.4. The smallest absolute Gasteiger partial charge is 0.246 e. The lowest BCUT2D eigenvalue weighted by atomic mass is 9.86. The average Bonchev–Trinajstić information content (AvgIpc) is 3.23. The van der Waals surface area contributed by atoms with Crippen LogP contribution in [0.15, 0.2) is 59.6 Å². The van der Waals surface area contributed by atoms with Crippen LogP contribution in [0.2, 0.25) is 0 Å². The number of hydrogen-bond donors (Lipinski definition) is 0. The summed E-state index contributed by atoms with van der Waals surface area (Å²) in [4.78, 5) is 32.9. The summed E-state index contributed by atoms with van der Waals surface area (Å²) in [5.41, 5.74) is 6.06.